The molecule has 3 unspecified atom stereocenters. The minimum atomic E-state index is -0.232. The molecule has 1 aliphatic heterocycles. The summed E-state index contributed by atoms with van der Waals surface area (Å²) < 4.78 is 0. The lowest BCUT2D eigenvalue weighted by molar-refractivity contribution is 0.362. The minimum absolute atomic E-state index is 0.200. The smallest absolute Gasteiger partial charge is 0.0462 e. The highest BCUT2D eigenvalue weighted by Gasteiger charge is 2.58. The van der Waals surface area contributed by atoms with Gasteiger partial charge >= 0.3 is 0 Å². The molecule has 2 nitrogen and oxygen atoms in total. The maximum absolute atomic E-state index is 6.59. The van der Waals surface area contributed by atoms with Crippen LogP contribution in [-0.4, -0.2) is 33.1 Å². The van der Waals surface area contributed by atoms with E-state index in [1.807, 2.05) is 0 Å². The molecule has 200 valence electrons. The van der Waals surface area contributed by atoms with Crippen LogP contribution in [0.3, 0.4) is 0 Å². The van der Waals surface area contributed by atoms with Crippen molar-refractivity contribution in [2.24, 2.45) is 5.41 Å². The standard InChI is InChI=1S/C36H34N2S2/c1-37(2)27-17-13-23(14-18-27)32-31-21-25-9-5-7-11-29(25)33(31)40-35(24-15-19-28(20-16-24)38(3)4)36(32)22-26-10-6-8-12-30(26)34(36)39/h5-20,32,35H,21-22H2,1-4H3. The van der Waals surface area contributed by atoms with Gasteiger partial charge in [0.2, 0.25) is 0 Å². The van der Waals surface area contributed by atoms with E-state index in [4.69, 9.17) is 12.2 Å². The van der Waals surface area contributed by atoms with Crippen molar-refractivity contribution in [3.8, 4) is 0 Å². The van der Waals surface area contributed by atoms with Crippen molar-refractivity contribution in [2.45, 2.75) is 24.0 Å². The van der Waals surface area contributed by atoms with Gasteiger partial charge in [0.1, 0.15) is 0 Å². The van der Waals surface area contributed by atoms with Crippen LogP contribution in [0.15, 0.2) is 103 Å². The van der Waals surface area contributed by atoms with Crippen molar-refractivity contribution in [3.63, 3.8) is 0 Å². The Morgan fingerprint density at radius 3 is 1.82 bits per heavy atom. The highest BCUT2D eigenvalue weighted by molar-refractivity contribution is 8.08. The molecule has 0 N–H and O–H groups in total. The second-order valence-electron chi connectivity index (χ2n) is 11.8. The van der Waals surface area contributed by atoms with Gasteiger partial charge in [-0.3, -0.25) is 0 Å². The van der Waals surface area contributed by atoms with Crippen LogP contribution >= 0.6 is 24.0 Å². The van der Waals surface area contributed by atoms with Crippen LogP contribution in [0.5, 0.6) is 0 Å². The number of rotatable bonds is 4. The van der Waals surface area contributed by atoms with Gasteiger partial charge in [0.15, 0.2) is 0 Å². The van der Waals surface area contributed by atoms with Gasteiger partial charge in [-0.05, 0) is 76.1 Å². The quantitative estimate of drug-likeness (QED) is 0.232. The zero-order valence-electron chi connectivity index (χ0n) is 23.5. The minimum Gasteiger partial charge on any atom is -0.378 e. The molecule has 3 atom stereocenters. The second-order valence-corrected chi connectivity index (χ2v) is 13.3. The first kappa shape index (κ1) is 25.6. The Labute approximate surface area is 247 Å². The Morgan fingerprint density at radius 2 is 1.23 bits per heavy atom. The highest BCUT2D eigenvalue weighted by atomic mass is 32.2. The third-order valence-electron chi connectivity index (χ3n) is 9.12. The molecule has 0 radical (unpaired) electrons. The number of thiocarbonyl (C=S) groups is 1. The SMILES string of the molecule is CN(C)c1ccc(C2SC3=C(Cc4ccccc43)C(c3ccc(N(C)C)cc3)C23Cc2ccccc2C3=S)cc1. The Balaban J connectivity index is 1.48. The number of anilines is 2. The number of allylic oxidation sites excluding steroid dienone is 1. The monoisotopic (exact) mass is 558 g/mol. The summed E-state index contributed by atoms with van der Waals surface area (Å²) in [5.41, 5.74) is 12.0. The summed E-state index contributed by atoms with van der Waals surface area (Å²) in [6.07, 6.45) is 1.95. The van der Waals surface area contributed by atoms with Gasteiger partial charge in [-0.2, -0.15) is 0 Å². The van der Waals surface area contributed by atoms with Crippen molar-refractivity contribution in [3.05, 3.63) is 136 Å². The van der Waals surface area contributed by atoms with Crippen LogP contribution < -0.4 is 9.80 Å². The predicted molar refractivity (Wildman–Crippen MR) is 176 cm³/mol. The van der Waals surface area contributed by atoms with Crippen molar-refractivity contribution in [1.29, 1.82) is 0 Å². The van der Waals surface area contributed by atoms with E-state index in [-0.39, 0.29) is 16.6 Å². The van der Waals surface area contributed by atoms with E-state index < -0.39 is 0 Å². The Bertz CT molecular complexity index is 1650. The molecule has 4 aromatic rings. The number of nitrogens with zero attached hydrogens (tertiary/aromatic N) is 2. The van der Waals surface area contributed by atoms with Gasteiger partial charge in [-0.1, -0.05) is 85.0 Å². The molecule has 0 saturated carbocycles. The van der Waals surface area contributed by atoms with Crippen molar-refractivity contribution >= 4 is 45.1 Å². The van der Waals surface area contributed by atoms with Crippen LogP contribution in [0.2, 0.25) is 0 Å². The summed E-state index contributed by atoms with van der Waals surface area (Å²) >= 11 is 8.65. The van der Waals surface area contributed by atoms with Crippen molar-refractivity contribution < 1.29 is 0 Å². The van der Waals surface area contributed by atoms with E-state index in [0.29, 0.717) is 0 Å². The van der Waals surface area contributed by atoms with E-state index in [1.54, 1.807) is 5.57 Å². The third-order valence-corrected chi connectivity index (χ3v) is 11.4. The van der Waals surface area contributed by atoms with Gasteiger partial charge in [0.05, 0.1) is 0 Å². The van der Waals surface area contributed by atoms with Crippen LogP contribution in [0.4, 0.5) is 11.4 Å². The van der Waals surface area contributed by atoms with Crippen LogP contribution in [0, 0.1) is 5.41 Å². The molecule has 7 rings (SSSR count). The molecule has 0 amide bonds. The first-order valence-corrected chi connectivity index (χ1v) is 15.3. The van der Waals surface area contributed by atoms with Crippen molar-refractivity contribution in [1.82, 2.24) is 0 Å². The number of hydrogen-bond acceptors (Lipinski definition) is 4. The fourth-order valence-corrected chi connectivity index (χ4v) is 9.50. The first-order chi connectivity index (χ1) is 19.4. The van der Waals surface area contributed by atoms with Crippen molar-refractivity contribution in [2.75, 3.05) is 38.0 Å². The zero-order chi connectivity index (χ0) is 27.6. The van der Waals surface area contributed by atoms with E-state index >= 15 is 0 Å². The fraction of sp³-hybridized carbons (Fsp3) is 0.250. The Kier molecular flexibility index (Phi) is 6.17. The van der Waals surface area contributed by atoms with Crippen LogP contribution in [-0.2, 0) is 12.8 Å². The number of thioether (sulfide) groups is 1. The summed E-state index contributed by atoms with van der Waals surface area (Å²) in [6.45, 7) is 0. The second kappa shape index (κ2) is 9.64. The van der Waals surface area contributed by atoms with E-state index in [2.05, 4.69) is 147 Å². The lowest BCUT2D eigenvalue weighted by Crippen LogP contribution is -2.42. The lowest BCUT2D eigenvalue weighted by atomic mass is 9.62. The zero-order valence-corrected chi connectivity index (χ0v) is 25.2. The molecule has 3 aliphatic rings. The highest BCUT2D eigenvalue weighted by Crippen LogP contribution is 2.69. The number of hydrogen-bond donors (Lipinski definition) is 0. The molecular formula is C36H34N2S2. The number of benzene rings is 4. The molecule has 0 saturated heterocycles. The molecule has 4 aromatic carbocycles. The third kappa shape index (κ3) is 3.80. The number of fused-ring (bicyclic) bond motifs is 3. The maximum atomic E-state index is 6.59. The average Bonchev–Trinajstić information content (AvgIpc) is 3.48. The predicted octanol–water partition coefficient (Wildman–Crippen LogP) is 8.32. The summed E-state index contributed by atoms with van der Waals surface area (Å²) in [4.78, 5) is 6.94. The molecule has 1 heterocycles. The van der Waals surface area contributed by atoms with Gasteiger partial charge in [-0.15, -0.1) is 11.8 Å². The van der Waals surface area contributed by atoms with Crippen LogP contribution in [0.1, 0.15) is 44.5 Å². The molecular weight excluding hydrogens is 525 g/mol. The van der Waals surface area contributed by atoms with Gasteiger partial charge in [0, 0.05) is 65.9 Å². The normalized spacial score (nSPS) is 22.8. The molecule has 0 aromatic heterocycles. The molecule has 0 fully saturated rings. The average molecular weight is 559 g/mol. The Hall–Kier alpha value is -3.34. The summed E-state index contributed by atoms with van der Waals surface area (Å²) in [7, 11) is 8.43. The molecule has 0 bridgehead atoms. The van der Waals surface area contributed by atoms with E-state index in [1.165, 1.54) is 49.7 Å². The molecule has 4 heteroatoms. The van der Waals surface area contributed by atoms with Gasteiger partial charge < -0.3 is 9.80 Å². The topological polar surface area (TPSA) is 6.48 Å². The maximum Gasteiger partial charge on any atom is 0.0462 e. The molecule has 2 aliphatic carbocycles. The molecule has 40 heavy (non-hydrogen) atoms. The first-order valence-electron chi connectivity index (χ1n) is 14.0. The Morgan fingerprint density at radius 1 is 0.675 bits per heavy atom. The van der Waals surface area contributed by atoms with E-state index in [0.717, 1.165) is 17.7 Å². The summed E-state index contributed by atoms with van der Waals surface area (Å²) in [6, 6.07) is 36.4. The van der Waals surface area contributed by atoms with Gasteiger partial charge in [-0.25, -0.2) is 0 Å². The summed E-state index contributed by atoms with van der Waals surface area (Å²) in [5.74, 6) is 0.200. The van der Waals surface area contributed by atoms with Crippen LogP contribution in [0.25, 0.3) is 4.91 Å². The fourth-order valence-electron chi connectivity index (χ4n) is 7.18. The largest absolute Gasteiger partial charge is 0.378 e. The molecule has 1 spiro atoms. The van der Waals surface area contributed by atoms with E-state index in [9.17, 15) is 0 Å². The van der Waals surface area contributed by atoms with Gasteiger partial charge in [0.25, 0.3) is 0 Å². The summed E-state index contributed by atoms with van der Waals surface area (Å²) in [5, 5.41) is 0.201. The lowest BCUT2D eigenvalue weighted by Gasteiger charge is -2.49.